The normalized spacial score (nSPS) is 10.4. The van der Waals surface area contributed by atoms with Gasteiger partial charge < -0.3 is 14.8 Å². The van der Waals surface area contributed by atoms with E-state index in [-0.39, 0.29) is 11.0 Å². The summed E-state index contributed by atoms with van der Waals surface area (Å²) in [5.74, 6) is 1.56. The van der Waals surface area contributed by atoms with Crippen LogP contribution in [0.25, 0.3) is 0 Å². The molecule has 1 amide bonds. The van der Waals surface area contributed by atoms with Gasteiger partial charge in [0.05, 0.1) is 18.8 Å². The van der Waals surface area contributed by atoms with Gasteiger partial charge in [-0.1, -0.05) is 32.0 Å². The number of para-hydroxylation sites is 1. The van der Waals surface area contributed by atoms with Gasteiger partial charge >= 0.3 is 0 Å². The number of rotatable bonds is 8. The number of ether oxygens (including phenoxy) is 2. The first-order chi connectivity index (χ1) is 13.0. The zero-order valence-corrected chi connectivity index (χ0v) is 16.8. The van der Waals surface area contributed by atoms with E-state index in [1.54, 1.807) is 18.2 Å². The lowest BCUT2D eigenvalue weighted by atomic mass is 10.1. The Hall–Kier alpha value is -2.60. The van der Waals surface area contributed by atoms with Crippen LogP contribution in [0.3, 0.4) is 0 Å². The molecule has 0 heterocycles. The number of anilines is 1. The Morgan fingerprint density at radius 3 is 2.63 bits per heavy atom. The van der Waals surface area contributed by atoms with Crippen molar-refractivity contribution in [1.82, 2.24) is 5.32 Å². The van der Waals surface area contributed by atoms with Crippen LogP contribution in [0.15, 0.2) is 48.5 Å². The predicted octanol–water partition coefficient (Wildman–Crippen LogP) is 4.64. The summed E-state index contributed by atoms with van der Waals surface area (Å²) in [4.78, 5) is 12.5. The van der Waals surface area contributed by atoms with Gasteiger partial charge in [-0.15, -0.1) is 0 Å². The number of hydrogen-bond donors (Lipinski definition) is 2. The summed E-state index contributed by atoms with van der Waals surface area (Å²) in [6.45, 7) is 7.34. The van der Waals surface area contributed by atoms with Gasteiger partial charge in [0.2, 0.25) is 0 Å². The van der Waals surface area contributed by atoms with Crippen LogP contribution in [0.1, 0.15) is 37.6 Å². The second-order valence-corrected chi connectivity index (χ2v) is 6.80. The predicted molar refractivity (Wildman–Crippen MR) is 113 cm³/mol. The van der Waals surface area contributed by atoms with Crippen molar-refractivity contribution < 1.29 is 14.3 Å². The maximum Gasteiger partial charge on any atom is 0.261 e. The largest absolute Gasteiger partial charge is 0.494 e. The molecule has 0 unspecified atom stereocenters. The van der Waals surface area contributed by atoms with E-state index in [0.717, 1.165) is 17.9 Å². The summed E-state index contributed by atoms with van der Waals surface area (Å²) >= 11 is 5.26. The summed E-state index contributed by atoms with van der Waals surface area (Å²) in [5.41, 5.74) is 1.19. The second-order valence-electron chi connectivity index (χ2n) is 6.40. The fraction of sp³-hybridized carbons (Fsp3) is 0.333. The molecule has 0 saturated heterocycles. The molecule has 0 fully saturated rings. The molecule has 2 N–H and O–H groups in total. The number of hydrogen-bond acceptors (Lipinski definition) is 4. The lowest BCUT2D eigenvalue weighted by Crippen LogP contribution is -2.34. The monoisotopic (exact) mass is 386 g/mol. The van der Waals surface area contributed by atoms with E-state index >= 15 is 0 Å². The molecule has 0 aliphatic rings. The molecule has 0 saturated carbocycles. The van der Waals surface area contributed by atoms with Crippen LogP contribution in [0, 0.1) is 5.92 Å². The Balaban J connectivity index is 1.94. The molecule has 6 heteroatoms. The minimum Gasteiger partial charge on any atom is -0.494 e. The molecular weight excluding hydrogens is 360 g/mol. The molecule has 144 valence electrons. The Labute approximate surface area is 166 Å². The van der Waals surface area contributed by atoms with Gasteiger partial charge in [0.25, 0.3) is 5.91 Å². The third-order valence-electron chi connectivity index (χ3n) is 3.71. The Bertz CT molecular complexity index is 778. The number of nitrogens with one attached hydrogen (secondary N) is 2. The molecule has 0 radical (unpaired) electrons. The zero-order chi connectivity index (χ0) is 19.6. The number of carbonyl (C=O) groups is 1. The highest BCUT2D eigenvalue weighted by Gasteiger charge is 2.13. The molecule has 2 aromatic carbocycles. The maximum atomic E-state index is 12.5. The molecule has 0 atom stereocenters. The molecule has 0 bridgehead atoms. The van der Waals surface area contributed by atoms with E-state index in [9.17, 15) is 4.79 Å². The Morgan fingerprint density at radius 1 is 1.11 bits per heavy atom. The number of carbonyl (C=O) groups excluding carboxylic acids is 1. The third kappa shape index (κ3) is 6.90. The van der Waals surface area contributed by atoms with Gasteiger partial charge in [-0.2, -0.15) is 0 Å². The quantitative estimate of drug-likeness (QED) is 0.648. The molecule has 0 aliphatic heterocycles. The summed E-state index contributed by atoms with van der Waals surface area (Å²) in [6, 6.07) is 14.6. The molecule has 0 aliphatic carbocycles. The van der Waals surface area contributed by atoms with Crippen molar-refractivity contribution in [3.8, 4) is 11.5 Å². The van der Waals surface area contributed by atoms with E-state index in [2.05, 4.69) is 24.5 Å². The highest BCUT2D eigenvalue weighted by Crippen LogP contribution is 2.19. The van der Waals surface area contributed by atoms with E-state index in [1.807, 2.05) is 37.3 Å². The van der Waals surface area contributed by atoms with Crippen molar-refractivity contribution in [2.45, 2.75) is 27.2 Å². The fourth-order valence-corrected chi connectivity index (χ4v) is 2.56. The van der Waals surface area contributed by atoms with Crippen molar-refractivity contribution in [3.63, 3.8) is 0 Å². The van der Waals surface area contributed by atoms with Crippen LogP contribution in [-0.4, -0.2) is 24.2 Å². The smallest absolute Gasteiger partial charge is 0.261 e. The Morgan fingerprint density at radius 2 is 1.89 bits per heavy atom. The van der Waals surface area contributed by atoms with Crippen LogP contribution in [0.5, 0.6) is 11.5 Å². The summed E-state index contributed by atoms with van der Waals surface area (Å²) in [5, 5.41) is 5.91. The fourth-order valence-electron chi connectivity index (χ4n) is 2.34. The first kappa shape index (κ1) is 20.7. The van der Waals surface area contributed by atoms with Crippen LogP contribution in [0.4, 0.5) is 5.69 Å². The van der Waals surface area contributed by atoms with Crippen molar-refractivity contribution in [1.29, 1.82) is 0 Å². The highest BCUT2D eigenvalue weighted by atomic mass is 32.1. The Kier molecular flexibility index (Phi) is 8.07. The van der Waals surface area contributed by atoms with Crippen LogP contribution in [0.2, 0.25) is 0 Å². The van der Waals surface area contributed by atoms with Crippen molar-refractivity contribution in [2.75, 3.05) is 18.5 Å². The van der Waals surface area contributed by atoms with Gasteiger partial charge in [-0.25, -0.2) is 0 Å². The number of amides is 1. The molecular formula is C21H26N2O3S. The molecule has 0 spiro atoms. The molecule has 5 nitrogen and oxygen atoms in total. The minimum absolute atomic E-state index is 0.214. The summed E-state index contributed by atoms with van der Waals surface area (Å²) in [6.07, 6.45) is 0.991. The van der Waals surface area contributed by atoms with Gasteiger partial charge in [0, 0.05) is 11.8 Å². The topological polar surface area (TPSA) is 59.6 Å². The maximum absolute atomic E-state index is 12.5. The highest BCUT2D eigenvalue weighted by molar-refractivity contribution is 7.80. The second kappa shape index (κ2) is 10.5. The van der Waals surface area contributed by atoms with Crippen molar-refractivity contribution in [3.05, 3.63) is 54.1 Å². The lowest BCUT2D eigenvalue weighted by Gasteiger charge is -2.13. The average Bonchev–Trinajstić information content (AvgIpc) is 2.62. The number of benzene rings is 2. The van der Waals surface area contributed by atoms with Crippen LogP contribution in [-0.2, 0) is 0 Å². The molecule has 0 aromatic heterocycles. The standard InChI is InChI=1S/C21H26N2O3S/c1-4-25-19-11-6-5-10-18(19)20(24)23-21(27)22-16-8-7-9-17(14-16)26-13-12-15(2)3/h5-11,14-15H,4,12-13H2,1-3H3,(H2,22,23,24,27). The van der Waals surface area contributed by atoms with Gasteiger partial charge in [0.1, 0.15) is 11.5 Å². The van der Waals surface area contributed by atoms with E-state index < -0.39 is 0 Å². The van der Waals surface area contributed by atoms with Crippen LogP contribution >= 0.6 is 12.2 Å². The van der Waals surface area contributed by atoms with Gasteiger partial charge in [0.15, 0.2) is 5.11 Å². The molecule has 2 rings (SSSR count). The summed E-state index contributed by atoms with van der Waals surface area (Å²) < 4.78 is 11.2. The molecule has 2 aromatic rings. The minimum atomic E-state index is -0.319. The third-order valence-corrected chi connectivity index (χ3v) is 3.92. The van der Waals surface area contributed by atoms with Gasteiger partial charge in [-0.05, 0) is 55.7 Å². The number of thiocarbonyl (C=S) groups is 1. The van der Waals surface area contributed by atoms with E-state index in [0.29, 0.717) is 30.4 Å². The van der Waals surface area contributed by atoms with Crippen LogP contribution < -0.4 is 20.1 Å². The van der Waals surface area contributed by atoms with Gasteiger partial charge in [-0.3, -0.25) is 10.1 Å². The lowest BCUT2D eigenvalue weighted by molar-refractivity contribution is 0.0974. The first-order valence-corrected chi connectivity index (χ1v) is 9.47. The summed E-state index contributed by atoms with van der Waals surface area (Å²) in [7, 11) is 0. The first-order valence-electron chi connectivity index (χ1n) is 9.06. The van der Waals surface area contributed by atoms with E-state index in [1.165, 1.54) is 0 Å². The van der Waals surface area contributed by atoms with E-state index in [4.69, 9.17) is 21.7 Å². The average molecular weight is 387 g/mol. The molecule has 27 heavy (non-hydrogen) atoms. The SMILES string of the molecule is CCOc1ccccc1C(=O)NC(=S)Nc1cccc(OCCC(C)C)c1. The van der Waals surface area contributed by atoms with Crippen molar-refractivity contribution in [2.24, 2.45) is 5.92 Å². The zero-order valence-electron chi connectivity index (χ0n) is 16.0. The van der Waals surface area contributed by atoms with Crippen molar-refractivity contribution >= 4 is 28.9 Å².